The summed E-state index contributed by atoms with van der Waals surface area (Å²) < 4.78 is 11.0. The van der Waals surface area contributed by atoms with Gasteiger partial charge in [0.2, 0.25) is 0 Å². The van der Waals surface area contributed by atoms with E-state index in [1.807, 2.05) is 48.5 Å². The summed E-state index contributed by atoms with van der Waals surface area (Å²) in [7, 11) is 0. The zero-order chi connectivity index (χ0) is 17.5. The van der Waals surface area contributed by atoms with Crippen LogP contribution in [-0.2, 0) is 0 Å². The second-order valence-corrected chi connectivity index (χ2v) is 6.03. The van der Waals surface area contributed by atoms with Crippen LogP contribution in [0.5, 0.6) is 0 Å². The molecule has 0 atom stereocenters. The molecule has 3 aromatic carbocycles. The van der Waals surface area contributed by atoms with Gasteiger partial charge in [-0.25, -0.2) is 0 Å². The third-order valence-corrected chi connectivity index (χ3v) is 4.54. The zero-order valence-corrected chi connectivity index (χ0v) is 13.6. The molecule has 0 radical (unpaired) electrons. The highest BCUT2D eigenvalue weighted by Gasteiger charge is 2.11. The Morgan fingerprint density at radius 1 is 0.680 bits per heavy atom. The van der Waals surface area contributed by atoms with Crippen LogP contribution in [0.4, 0.5) is 0 Å². The topological polar surface area (TPSA) is 17.8 Å². The van der Waals surface area contributed by atoms with Crippen molar-refractivity contribution in [2.75, 3.05) is 0 Å². The fourth-order valence-electron chi connectivity index (χ4n) is 3.44. The predicted molar refractivity (Wildman–Crippen MR) is 104 cm³/mol. The summed E-state index contributed by atoms with van der Waals surface area (Å²) in [5.74, 6) is 0. The van der Waals surface area contributed by atoms with E-state index in [4.69, 9.17) is 1.37 Å². The van der Waals surface area contributed by atoms with Gasteiger partial charge in [0.1, 0.15) is 0 Å². The number of rotatable bonds is 2. The molecule has 0 N–H and O–H groups in total. The summed E-state index contributed by atoms with van der Waals surface area (Å²) in [5.41, 5.74) is 4.75. The van der Waals surface area contributed by atoms with Gasteiger partial charge in [0, 0.05) is 28.2 Å². The molecule has 2 heterocycles. The molecule has 0 saturated carbocycles. The third kappa shape index (κ3) is 2.23. The fraction of sp³-hybridized carbons (Fsp3) is 0. The van der Waals surface area contributed by atoms with Gasteiger partial charge < -0.3 is 4.57 Å². The summed E-state index contributed by atoms with van der Waals surface area (Å²) in [6.07, 6.45) is 1.77. The summed E-state index contributed by atoms with van der Waals surface area (Å²) in [4.78, 5) is 4.43. The van der Waals surface area contributed by atoms with Crippen molar-refractivity contribution in [1.82, 2.24) is 9.55 Å². The van der Waals surface area contributed by atoms with Gasteiger partial charge in [-0.2, -0.15) is 0 Å². The van der Waals surface area contributed by atoms with E-state index in [2.05, 4.69) is 45.9 Å². The molecular weight excluding hydrogens is 304 g/mol. The maximum Gasteiger partial charge on any atom is 0.0702 e. The van der Waals surface area contributed by atoms with Crippen LogP contribution < -0.4 is 0 Å². The molecule has 0 unspecified atom stereocenters. The van der Waals surface area contributed by atoms with Crippen LogP contribution in [-0.4, -0.2) is 9.55 Å². The first kappa shape index (κ1) is 13.0. The Kier molecular flexibility index (Phi) is 2.91. The molecule has 0 fully saturated rings. The minimum atomic E-state index is 0.484. The van der Waals surface area contributed by atoms with Crippen LogP contribution in [0.1, 0.15) is 1.37 Å². The summed E-state index contributed by atoms with van der Waals surface area (Å²) in [6, 6.07) is 29.0. The first-order valence-corrected chi connectivity index (χ1v) is 8.34. The van der Waals surface area contributed by atoms with Crippen molar-refractivity contribution in [2.45, 2.75) is 0 Å². The Morgan fingerprint density at radius 2 is 1.36 bits per heavy atom. The van der Waals surface area contributed by atoms with Crippen molar-refractivity contribution in [3.63, 3.8) is 0 Å². The van der Waals surface area contributed by atoms with E-state index in [1.165, 1.54) is 10.8 Å². The molecule has 118 valence electrons. The van der Waals surface area contributed by atoms with Crippen LogP contribution in [0.15, 0.2) is 97.2 Å². The monoisotopic (exact) mass is 321 g/mol. The molecule has 5 rings (SSSR count). The molecule has 25 heavy (non-hydrogen) atoms. The van der Waals surface area contributed by atoms with Crippen LogP contribution in [0.2, 0.25) is 0 Å². The van der Waals surface area contributed by atoms with Crippen molar-refractivity contribution < 1.29 is 1.37 Å². The minimum Gasteiger partial charge on any atom is -0.309 e. The van der Waals surface area contributed by atoms with Crippen LogP contribution in [0.25, 0.3) is 38.8 Å². The van der Waals surface area contributed by atoms with Gasteiger partial charge in [-0.15, -0.1) is 0 Å². The lowest BCUT2D eigenvalue weighted by molar-refractivity contribution is 1.18. The van der Waals surface area contributed by atoms with Gasteiger partial charge in [-0.05, 0) is 36.4 Å². The van der Waals surface area contributed by atoms with E-state index in [0.29, 0.717) is 6.04 Å². The predicted octanol–water partition coefficient (Wildman–Crippen LogP) is 5.85. The number of pyridine rings is 1. The normalized spacial score (nSPS) is 11.8. The maximum absolute atomic E-state index is 8.85. The van der Waals surface area contributed by atoms with Gasteiger partial charge in [0.25, 0.3) is 0 Å². The average Bonchev–Trinajstić information content (AvgIpc) is 3.03. The molecule has 0 aliphatic rings. The van der Waals surface area contributed by atoms with Gasteiger partial charge in [0.05, 0.1) is 18.1 Å². The van der Waals surface area contributed by atoms with Gasteiger partial charge in [0.15, 0.2) is 0 Å². The lowest BCUT2D eigenvalue weighted by Gasteiger charge is -2.09. The molecular formula is C23H16N2. The highest BCUT2D eigenvalue weighted by Crippen LogP contribution is 2.32. The van der Waals surface area contributed by atoms with E-state index < -0.39 is 0 Å². The van der Waals surface area contributed by atoms with E-state index in [9.17, 15) is 0 Å². The van der Waals surface area contributed by atoms with Crippen molar-refractivity contribution in [3.8, 4) is 16.9 Å². The summed E-state index contributed by atoms with van der Waals surface area (Å²) >= 11 is 0. The molecule has 0 amide bonds. The quantitative estimate of drug-likeness (QED) is 0.399. The van der Waals surface area contributed by atoms with Crippen molar-refractivity contribution in [1.29, 1.82) is 0 Å². The lowest BCUT2D eigenvalue weighted by atomic mass is 10.1. The number of hydrogen-bond acceptors (Lipinski definition) is 1. The Bertz CT molecular complexity index is 1190. The Morgan fingerprint density at radius 3 is 2.04 bits per heavy atom. The number of nitrogens with zero attached hydrogens (tertiary/aromatic N) is 2. The first-order valence-electron chi connectivity index (χ1n) is 8.84. The molecule has 0 aliphatic heterocycles. The molecule has 2 nitrogen and oxygen atoms in total. The molecule has 0 bridgehead atoms. The SMILES string of the molecule is [2H]c1c(-c2ccccn2)cccc1-n1c2ccccc2c2ccccc21. The standard InChI is InChI=1S/C23H16N2/c1-3-13-22-19(10-1)20-11-2-4-14-23(20)25(22)18-9-7-8-17(16-18)21-12-5-6-15-24-21/h1-16H/i16D. The maximum atomic E-state index is 8.85. The Hall–Kier alpha value is -3.39. The molecule has 0 spiro atoms. The van der Waals surface area contributed by atoms with Gasteiger partial charge in [-0.3, -0.25) is 4.98 Å². The van der Waals surface area contributed by atoms with E-state index >= 15 is 0 Å². The van der Waals surface area contributed by atoms with Crippen LogP contribution in [0.3, 0.4) is 0 Å². The van der Waals surface area contributed by atoms with E-state index in [0.717, 1.165) is 28.0 Å². The van der Waals surface area contributed by atoms with Crippen LogP contribution in [0, 0.1) is 0 Å². The Labute approximate surface area is 147 Å². The third-order valence-electron chi connectivity index (χ3n) is 4.54. The number of benzene rings is 3. The van der Waals surface area contributed by atoms with E-state index in [1.54, 1.807) is 6.20 Å². The van der Waals surface area contributed by atoms with E-state index in [-0.39, 0.29) is 0 Å². The smallest absolute Gasteiger partial charge is 0.0702 e. The lowest BCUT2D eigenvalue weighted by Crippen LogP contribution is -1.94. The van der Waals surface area contributed by atoms with Crippen molar-refractivity contribution in [2.24, 2.45) is 0 Å². The summed E-state index contributed by atoms with van der Waals surface area (Å²) in [5, 5.41) is 2.40. The number of aromatic nitrogens is 2. The van der Waals surface area contributed by atoms with Crippen molar-refractivity contribution in [3.05, 3.63) is 97.2 Å². The van der Waals surface area contributed by atoms with Gasteiger partial charge >= 0.3 is 0 Å². The molecule has 5 aromatic rings. The summed E-state index contributed by atoms with van der Waals surface area (Å²) in [6.45, 7) is 0. The van der Waals surface area contributed by atoms with Crippen LogP contribution >= 0.6 is 0 Å². The number of hydrogen-bond donors (Lipinski definition) is 0. The number of fused-ring (bicyclic) bond motifs is 3. The van der Waals surface area contributed by atoms with Crippen molar-refractivity contribution >= 4 is 21.8 Å². The largest absolute Gasteiger partial charge is 0.309 e. The fourth-order valence-corrected chi connectivity index (χ4v) is 3.44. The second-order valence-electron chi connectivity index (χ2n) is 6.03. The highest BCUT2D eigenvalue weighted by molar-refractivity contribution is 6.09. The molecule has 0 saturated heterocycles. The Balaban J connectivity index is 1.87. The molecule has 2 aromatic heterocycles. The minimum absolute atomic E-state index is 0.484. The second kappa shape index (κ2) is 5.60. The molecule has 2 heteroatoms. The first-order chi connectivity index (χ1) is 12.8. The number of para-hydroxylation sites is 2. The zero-order valence-electron chi connectivity index (χ0n) is 14.6. The van der Waals surface area contributed by atoms with Gasteiger partial charge in [-0.1, -0.05) is 54.6 Å². The molecule has 0 aliphatic carbocycles. The highest BCUT2D eigenvalue weighted by atomic mass is 15.0. The average molecular weight is 321 g/mol.